The minimum atomic E-state index is -2.93. The molecule has 2 fully saturated rings. The number of likely N-dealkylation sites (tertiary alicyclic amines) is 1. The van der Waals surface area contributed by atoms with E-state index in [0.29, 0.717) is 38.2 Å². The molecule has 1 N–H and O–H groups in total. The number of aliphatic hydroxyl groups is 1. The standard InChI is InChI=1S/C19H28N2O4S/c1-18(2)14-21(8-7-19(18,3)23)17(22)15-5-4-6-16(13-15)20-9-11-26(24,25)12-10-20/h4-6,13,23H,7-12,14H2,1-3H3. The van der Waals surface area contributed by atoms with E-state index in [1.807, 2.05) is 43.9 Å². The zero-order chi connectivity index (χ0) is 19.2. The zero-order valence-electron chi connectivity index (χ0n) is 15.7. The van der Waals surface area contributed by atoms with Gasteiger partial charge >= 0.3 is 0 Å². The molecule has 144 valence electrons. The Morgan fingerprint density at radius 2 is 1.77 bits per heavy atom. The maximum Gasteiger partial charge on any atom is 0.253 e. The van der Waals surface area contributed by atoms with Crippen molar-refractivity contribution in [1.29, 1.82) is 0 Å². The van der Waals surface area contributed by atoms with Crippen LogP contribution in [0.4, 0.5) is 5.69 Å². The third-order valence-corrected chi connectivity index (χ3v) is 7.61. The van der Waals surface area contributed by atoms with Gasteiger partial charge in [0.1, 0.15) is 0 Å². The van der Waals surface area contributed by atoms with Gasteiger partial charge in [-0.2, -0.15) is 0 Å². The van der Waals surface area contributed by atoms with Crippen molar-refractivity contribution < 1.29 is 18.3 Å². The summed E-state index contributed by atoms with van der Waals surface area (Å²) in [5.74, 6) is 0.265. The van der Waals surface area contributed by atoms with E-state index in [1.165, 1.54) is 0 Å². The quantitative estimate of drug-likeness (QED) is 0.842. The first kappa shape index (κ1) is 19.2. The summed E-state index contributed by atoms with van der Waals surface area (Å²) >= 11 is 0. The van der Waals surface area contributed by atoms with Crippen molar-refractivity contribution in [3.05, 3.63) is 29.8 Å². The summed E-state index contributed by atoms with van der Waals surface area (Å²) < 4.78 is 23.2. The lowest BCUT2D eigenvalue weighted by molar-refractivity contribution is -0.0971. The van der Waals surface area contributed by atoms with Gasteiger partial charge in [0.25, 0.3) is 5.91 Å². The van der Waals surface area contributed by atoms with E-state index >= 15 is 0 Å². The van der Waals surface area contributed by atoms with E-state index in [1.54, 1.807) is 11.0 Å². The topological polar surface area (TPSA) is 77.9 Å². The molecule has 0 saturated carbocycles. The molecule has 3 rings (SSSR count). The van der Waals surface area contributed by atoms with E-state index in [0.717, 1.165) is 5.69 Å². The molecule has 1 atom stereocenters. The molecule has 2 aliphatic rings. The zero-order valence-corrected chi connectivity index (χ0v) is 16.6. The van der Waals surface area contributed by atoms with Crippen molar-refractivity contribution in [3.63, 3.8) is 0 Å². The molecule has 6 nitrogen and oxygen atoms in total. The fourth-order valence-electron chi connectivity index (χ4n) is 3.58. The molecule has 2 heterocycles. The predicted molar refractivity (Wildman–Crippen MR) is 102 cm³/mol. The predicted octanol–water partition coefficient (Wildman–Crippen LogP) is 1.54. The molecule has 1 amide bonds. The fourth-order valence-corrected chi connectivity index (χ4v) is 4.78. The highest BCUT2D eigenvalue weighted by Crippen LogP contribution is 2.38. The fraction of sp³-hybridized carbons (Fsp3) is 0.632. The van der Waals surface area contributed by atoms with Gasteiger partial charge in [0.15, 0.2) is 9.84 Å². The number of carbonyl (C=O) groups is 1. The van der Waals surface area contributed by atoms with E-state index in [9.17, 15) is 18.3 Å². The lowest BCUT2D eigenvalue weighted by Gasteiger charge is -2.48. The van der Waals surface area contributed by atoms with Gasteiger partial charge in [-0.25, -0.2) is 8.42 Å². The van der Waals surface area contributed by atoms with Crippen LogP contribution in [0.2, 0.25) is 0 Å². The molecule has 0 spiro atoms. The van der Waals surface area contributed by atoms with Crippen LogP contribution in [-0.4, -0.2) is 67.6 Å². The lowest BCUT2D eigenvalue weighted by Crippen LogP contribution is -2.57. The Hall–Kier alpha value is -1.60. The van der Waals surface area contributed by atoms with Gasteiger partial charge in [0, 0.05) is 42.8 Å². The first-order valence-corrected chi connectivity index (χ1v) is 10.9. The summed E-state index contributed by atoms with van der Waals surface area (Å²) in [6.45, 7) is 7.75. The minimum absolute atomic E-state index is 0.0416. The third-order valence-electron chi connectivity index (χ3n) is 6.00. The molecule has 1 aromatic carbocycles. The van der Waals surface area contributed by atoms with Crippen LogP contribution in [0.1, 0.15) is 37.6 Å². The van der Waals surface area contributed by atoms with Crippen LogP contribution >= 0.6 is 0 Å². The number of hydrogen-bond acceptors (Lipinski definition) is 5. The Kier molecular flexibility index (Phi) is 4.82. The molecule has 0 radical (unpaired) electrons. The van der Waals surface area contributed by atoms with Gasteiger partial charge in [0.2, 0.25) is 0 Å². The Balaban J connectivity index is 1.75. The number of nitrogens with zero attached hydrogens (tertiary/aromatic N) is 2. The summed E-state index contributed by atoms with van der Waals surface area (Å²) in [5, 5.41) is 10.5. The monoisotopic (exact) mass is 380 g/mol. The normalized spacial score (nSPS) is 28.0. The second-order valence-corrected chi connectivity index (χ2v) is 10.6. The molecule has 26 heavy (non-hydrogen) atoms. The highest BCUT2D eigenvalue weighted by Gasteiger charge is 2.45. The van der Waals surface area contributed by atoms with Crippen LogP contribution in [0.15, 0.2) is 24.3 Å². The Bertz CT molecular complexity index is 788. The first-order chi connectivity index (χ1) is 12.0. The average Bonchev–Trinajstić information content (AvgIpc) is 2.57. The van der Waals surface area contributed by atoms with Crippen molar-refractivity contribution in [2.75, 3.05) is 42.6 Å². The van der Waals surface area contributed by atoms with Crippen LogP contribution in [0.5, 0.6) is 0 Å². The van der Waals surface area contributed by atoms with Gasteiger partial charge in [-0.3, -0.25) is 4.79 Å². The van der Waals surface area contributed by atoms with Crippen LogP contribution in [-0.2, 0) is 9.84 Å². The Labute approximate surface area is 155 Å². The molecular weight excluding hydrogens is 352 g/mol. The van der Waals surface area contributed by atoms with Crippen LogP contribution in [0.3, 0.4) is 0 Å². The number of rotatable bonds is 2. The van der Waals surface area contributed by atoms with Crippen LogP contribution in [0, 0.1) is 5.41 Å². The summed E-state index contributed by atoms with van der Waals surface area (Å²) in [4.78, 5) is 16.8. The van der Waals surface area contributed by atoms with Gasteiger partial charge in [0.05, 0.1) is 17.1 Å². The van der Waals surface area contributed by atoms with Gasteiger partial charge in [-0.15, -0.1) is 0 Å². The van der Waals surface area contributed by atoms with E-state index in [2.05, 4.69) is 0 Å². The molecular formula is C19H28N2O4S. The van der Waals surface area contributed by atoms with E-state index in [4.69, 9.17) is 0 Å². The van der Waals surface area contributed by atoms with E-state index in [-0.39, 0.29) is 22.8 Å². The highest BCUT2D eigenvalue weighted by atomic mass is 32.2. The first-order valence-electron chi connectivity index (χ1n) is 9.08. The van der Waals surface area contributed by atoms with Crippen LogP contribution < -0.4 is 4.90 Å². The second kappa shape index (κ2) is 6.53. The molecule has 7 heteroatoms. The number of sulfone groups is 1. The second-order valence-electron chi connectivity index (χ2n) is 8.32. The summed E-state index contributed by atoms with van der Waals surface area (Å²) in [6.07, 6.45) is 0.551. The summed E-state index contributed by atoms with van der Waals surface area (Å²) in [7, 11) is -2.93. The molecule has 0 aliphatic carbocycles. The summed E-state index contributed by atoms with van der Waals surface area (Å²) in [6, 6.07) is 7.41. The molecule has 1 unspecified atom stereocenters. The number of hydrogen-bond donors (Lipinski definition) is 1. The maximum atomic E-state index is 13.0. The van der Waals surface area contributed by atoms with Crippen molar-refractivity contribution >= 4 is 21.4 Å². The Morgan fingerprint density at radius 3 is 2.38 bits per heavy atom. The Morgan fingerprint density at radius 1 is 1.12 bits per heavy atom. The van der Waals surface area contributed by atoms with E-state index < -0.39 is 15.4 Å². The number of piperidine rings is 1. The van der Waals surface area contributed by atoms with Gasteiger partial charge in [-0.1, -0.05) is 19.9 Å². The average molecular weight is 381 g/mol. The number of amides is 1. The van der Waals surface area contributed by atoms with Gasteiger partial charge in [-0.05, 0) is 31.5 Å². The maximum absolute atomic E-state index is 13.0. The molecule has 0 aromatic heterocycles. The third kappa shape index (κ3) is 3.74. The van der Waals surface area contributed by atoms with Crippen molar-refractivity contribution in [2.45, 2.75) is 32.8 Å². The van der Waals surface area contributed by atoms with Crippen molar-refractivity contribution in [3.8, 4) is 0 Å². The van der Waals surface area contributed by atoms with Crippen molar-refractivity contribution in [2.24, 2.45) is 5.41 Å². The number of carbonyl (C=O) groups excluding carboxylic acids is 1. The smallest absolute Gasteiger partial charge is 0.253 e. The largest absolute Gasteiger partial charge is 0.389 e. The van der Waals surface area contributed by atoms with Crippen molar-refractivity contribution in [1.82, 2.24) is 4.90 Å². The summed E-state index contributed by atoms with van der Waals surface area (Å²) in [5.41, 5.74) is 0.326. The SMILES string of the molecule is CC1(C)CN(C(=O)c2cccc(N3CCS(=O)(=O)CC3)c2)CCC1(C)O. The molecule has 1 aromatic rings. The highest BCUT2D eigenvalue weighted by molar-refractivity contribution is 7.91. The molecule has 2 aliphatic heterocycles. The number of benzene rings is 1. The molecule has 2 saturated heterocycles. The lowest BCUT2D eigenvalue weighted by atomic mass is 9.71. The minimum Gasteiger partial charge on any atom is -0.389 e. The van der Waals surface area contributed by atoms with Gasteiger partial charge < -0.3 is 14.9 Å². The molecule has 0 bridgehead atoms. The number of anilines is 1. The van der Waals surface area contributed by atoms with Crippen LogP contribution in [0.25, 0.3) is 0 Å².